The summed E-state index contributed by atoms with van der Waals surface area (Å²) < 4.78 is 31.8. The average molecular weight is 467 g/mol. The van der Waals surface area contributed by atoms with Gasteiger partial charge in [-0.25, -0.2) is 18.4 Å². The van der Waals surface area contributed by atoms with E-state index in [1.807, 2.05) is 30.3 Å². The molecule has 8 heteroatoms. The molecule has 164 valence electrons. The lowest BCUT2D eigenvalue weighted by molar-refractivity contribution is 0.239. The van der Waals surface area contributed by atoms with E-state index in [2.05, 4.69) is 23.9 Å². The molecule has 1 aromatic heterocycles. The molecule has 0 radical (unpaired) electrons. The molecule has 0 bridgehead atoms. The van der Waals surface area contributed by atoms with Gasteiger partial charge in [0.1, 0.15) is 4.90 Å². The van der Waals surface area contributed by atoms with Gasteiger partial charge in [0.25, 0.3) is 6.92 Å². The van der Waals surface area contributed by atoms with E-state index in [9.17, 15) is 8.42 Å². The van der Waals surface area contributed by atoms with Gasteiger partial charge in [0.2, 0.25) is 0 Å². The molecule has 2 aliphatic rings. The molecular formula is C24H24BClN2O3S. The summed E-state index contributed by atoms with van der Waals surface area (Å²) in [7, 11) is -3.40. The molecule has 0 N–H and O–H groups in total. The van der Waals surface area contributed by atoms with Crippen molar-refractivity contribution in [2.75, 3.05) is 5.75 Å². The Balaban J connectivity index is 1.53. The molecule has 32 heavy (non-hydrogen) atoms. The topological polar surface area (TPSA) is 69.2 Å². The molecule has 5 nitrogen and oxygen atoms in total. The van der Waals surface area contributed by atoms with Crippen molar-refractivity contribution in [1.29, 1.82) is 0 Å². The van der Waals surface area contributed by atoms with Gasteiger partial charge in [-0.15, -0.1) is 0 Å². The summed E-state index contributed by atoms with van der Waals surface area (Å²) in [5, 5.41) is 0.594. The fourth-order valence-electron chi connectivity index (χ4n) is 4.58. The maximum Gasteiger partial charge on any atom is 0.290 e. The number of hydrogen-bond acceptors (Lipinski definition) is 5. The standard InChI is InChI=1S/C24H24BClN2O3S/c1-25-12-11-22(31-25)17-9-7-16(8-10-17)14-21-23-20(6-3-13-32(23,29)30)27-24(28-21)18-4-2-5-19(26)15-18/h2,4-5,7-10,15,22H,3,6,11-14H2,1H3. The van der Waals surface area contributed by atoms with Gasteiger partial charge in [-0.2, -0.15) is 0 Å². The fourth-order valence-corrected chi connectivity index (χ4v) is 6.48. The van der Waals surface area contributed by atoms with Gasteiger partial charge in [0.15, 0.2) is 15.7 Å². The third-order valence-corrected chi connectivity index (χ3v) is 8.34. The van der Waals surface area contributed by atoms with Gasteiger partial charge in [-0.1, -0.05) is 54.8 Å². The molecule has 1 saturated heterocycles. The first-order chi connectivity index (χ1) is 15.4. The lowest BCUT2D eigenvalue weighted by Crippen LogP contribution is -2.21. The van der Waals surface area contributed by atoms with Crippen LogP contribution in [-0.4, -0.2) is 31.1 Å². The molecule has 2 aromatic carbocycles. The first kappa shape index (κ1) is 21.6. The highest BCUT2D eigenvalue weighted by molar-refractivity contribution is 7.91. The highest BCUT2D eigenvalue weighted by Gasteiger charge is 2.30. The van der Waals surface area contributed by atoms with Gasteiger partial charge in [0.05, 0.1) is 23.2 Å². The molecule has 1 fully saturated rings. The highest BCUT2D eigenvalue weighted by Crippen LogP contribution is 2.33. The van der Waals surface area contributed by atoms with E-state index < -0.39 is 9.84 Å². The van der Waals surface area contributed by atoms with Gasteiger partial charge in [0, 0.05) is 17.0 Å². The Bertz CT molecular complexity index is 1260. The quantitative estimate of drug-likeness (QED) is 0.495. The van der Waals surface area contributed by atoms with E-state index in [1.54, 1.807) is 6.07 Å². The molecule has 5 rings (SSSR count). The summed E-state index contributed by atoms with van der Waals surface area (Å²) in [6.45, 7) is 2.40. The summed E-state index contributed by atoms with van der Waals surface area (Å²) in [5.41, 5.74) is 4.13. The zero-order valence-electron chi connectivity index (χ0n) is 17.9. The maximum absolute atomic E-state index is 12.9. The third-order valence-electron chi connectivity index (χ3n) is 6.18. The highest BCUT2D eigenvalue weighted by atomic mass is 35.5. The van der Waals surface area contributed by atoms with E-state index in [4.69, 9.17) is 21.2 Å². The van der Waals surface area contributed by atoms with Crippen molar-refractivity contribution < 1.29 is 13.1 Å². The van der Waals surface area contributed by atoms with Crippen LogP contribution in [0, 0.1) is 0 Å². The second kappa shape index (κ2) is 8.62. The first-order valence-electron chi connectivity index (χ1n) is 11.0. The molecule has 3 heterocycles. The Morgan fingerprint density at radius 2 is 1.97 bits per heavy atom. The Kier molecular flexibility index (Phi) is 5.82. The van der Waals surface area contributed by atoms with Gasteiger partial charge in [-0.3, -0.25) is 0 Å². The lowest BCUT2D eigenvalue weighted by atomic mass is 9.69. The number of nitrogens with zero attached hydrogens (tertiary/aromatic N) is 2. The summed E-state index contributed by atoms with van der Waals surface area (Å²) in [5.74, 6) is 0.659. The van der Waals surface area contributed by atoms with Crippen LogP contribution in [0.5, 0.6) is 0 Å². The van der Waals surface area contributed by atoms with Crippen LogP contribution in [0.4, 0.5) is 0 Å². The summed E-state index contributed by atoms with van der Waals surface area (Å²) >= 11 is 6.17. The van der Waals surface area contributed by atoms with Gasteiger partial charge >= 0.3 is 0 Å². The second-order valence-electron chi connectivity index (χ2n) is 8.63. The van der Waals surface area contributed by atoms with Crippen molar-refractivity contribution in [3.63, 3.8) is 0 Å². The van der Waals surface area contributed by atoms with Crippen LogP contribution in [0.2, 0.25) is 18.2 Å². The number of aromatic nitrogens is 2. The summed E-state index contributed by atoms with van der Waals surface area (Å²) in [6.07, 6.45) is 3.88. The van der Waals surface area contributed by atoms with Crippen molar-refractivity contribution in [2.24, 2.45) is 0 Å². The molecule has 0 saturated carbocycles. The number of rotatable bonds is 4. The molecular weight excluding hydrogens is 443 g/mol. The van der Waals surface area contributed by atoms with Crippen LogP contribution in [0.25, 0.3) is 11.4 Å². The average Bonchev–Trinajstić information content (AvgIpc) is 3.20. The van der Waals surface area contributed by atoms with Crippen LogP contribution in [-0.2, 0) is 27.3 Å². The van der Waals surface area contributed by atoms with Crippen LogP contribution >= 0.6 is 11.6 Å². The summed E-state index contributed by atoms with van der Waals surface area (Å²) in [6, 6.07) is 15.6. The van der Waals surface area contributed by atoms with Crippen molar-refractivity contribution in [3.8, 4) is 11.4 Å². The number of aryl methyl sites for hydroxylation is 1. The molecule has 1 atom stereocenters. The largest absolute Gasteiger partial charge is 0.430 e. The SMILES string of the molecule is CB1CCC(c2ccc(Cc3nc(-c4cccc(Cl)c4)nc4c3S(=O)(=O)CCC4)cc2)O1. The number of hydrogen-bond donors (Lipinski definition) is 0. The van der Waals surface area contributed by atoms with E-state index in [-0.39, 0.29) is 11.9 Å². The molecule has 0 amide bonds. The number of fused-ring (bicyclic) bond motifs is 1. The monoisotopic (exact) mass is 466 g/mol. The van der Waals surface area contributed by atoms with Crippen LogP contribution < -0.4 is 0 Å². The minimum absolute atomic E-state index is 0.140. The first-order valence-corrected chi connectivity index (χ1v) is 13.0. The normalized spacial score (nSPS) is 19.7. The predicted molar refractivity (Wildman–Crippen MR) is 127 cm³/mol. The van der Waals surface area contributed by atoms with Gasteiger partial charge in [-0.05, 0) is 48.8 Å². The zero-order valence-corrected chi connectivity index (χ0v) is 19.5. The Morgan fingerprint density at radius 1 is 1.16 bits per heavy atom. The smallest absolute Gasteiger partial charge is 0.290 e. The lowest BCUT2D eigenvalue weighted by Gasteiger charge is -2.20. The predicted octanol–water partition coefficient (Wildman–Crippen LogP) is 5.19. The maximum atomic E-state index is 12.9. The molecule has 2 aliphatic heterocycles. The zero-order chi connectivity index (χ0) is 22.3. The molecule has 0 aliphatic carbocycles. The van der Waals surface area contributed by atoms with Crippen molar-refractivity contribution in [2.45, 2.75) is 49.8 Å². The van der Waals surface area contributed by atoms with Crippen molar-refractivity contribution >= 4 is 28.4 Å². The minimum Gasteiger partial charge on any atom is -0.430 e. The van der Waals surface area contributed by atoms with Crippen LogP contribution in [0.3, 0.4) is 0 Å². The van der Waals surface area contributed by atoms with Crippen LogP contribution in [0.15, 0.2) is 53.4 Å². The third kappa shape index (κ3) is 4.34. The van der Waals surface area contributed by atoms with E-state index in [0.29, 0.717) is 53.3 Å². The molecule has 0 spiro atoms. The Labute approximate surface area is 194 Å². The van der Waals surface area contributed by atoms with Crippen molar-refractivity contribution in [1.82, 2.24) is 9.97 Å². The van der Waals surface area contributed by atoms with E-state index >= 15 is 0 Å². The minimum atomic E-state index is -3.40. The number of benzene rings is 2. The second-order valence-corrected chi connectivity index (χ2v) is 11.1. The number of sulfone groups is 1. The Morgan fingerprint density at radius 3 is 2.69 bits per heavy atom. The molecule has 3 aromatic rings. The van der Waals surface area contributed by atoms with E-state index in [0.717, 1.165) is 29.4 Å². The van der Waals surface area contributed by atoms with Crippen LogP contribution in [0.1, 0.15) is 41.5 Å². The van der Waals surface area contributed by atoms with Crippen molar-refractivity contribution in [3.05, 3.63) is 76.1 Å². The Hall–Kier alpha value is -2.22. The van der Waals surface area contributed by atoms with E-state index in [1.165, 1.54) is 0 Å². The van der Waals surface area contributed by atoms with Gasteiger partial charge < -0.3 is 4.65 Å². The number of halogens is 1. The summed E-state index contributed by atoms with van der Waals surface area (Å²) in [4.78, 5) is 9.67. The fraction of sp³-hybridized carbons (Fsp3) is 0.333. The molecule has 1 unspecified atom stereocenters.